The lowest BCUT2D eigenvalue weighted by molar-refractivity contribution is -0.274. The van der Waals surface area contributed by atoms with E-state index in [9.17, 15) is 22.8 Å². The summed E-state index contributed by atoms with van der Waals surface area (Å²) in [4.78, 5) is 28.2. The van der Waals surface area contributed by atoms with Crippen LogP contribution in [0.4, 0.5) is 24.5 Å². The average Bonchev–Trinajstić information content (AvgIpc) is 3.80. The van der Waals surface area contributed by atoms with Crippen LogP contribution in [0.1, 0.15) is 48.4 Å². The molecule has 49 heavy (non-hydrogen) atoms. The number of carbonyl (C=O) groups excluding carboxylic acids is 2. The van der Waals surface area contributed by atoms with Crippen LogP contribution in [0.5, 0.6) is 17.2 Å². The number of halogens is 4. The van der Waals surface area contributed by atoms with Crippen LogP contribution in [-0.2, 0) is 26.3 Å². The summed E-state index contributed by atoms with van der Waals surface area (Å²) in [5.74, 6) is -0.188. The van der Waals surface area contributed by atoms with Crippen LogP contribution in [0.2, 0.25) is 5.02 Å². The van der Waals surface area contributed by atoms with Gasteiger partial charge in [0.15, 0.2) is 0 Å². The lowest BCUT2D eigenvalue weighted by Crippen LogP contribution is -2.38. The highest BCUT2D eigenvalue weighted by atomic mass is 35.5. The summed E-state index contributed by atoms with van der Waals surface area (Å²) in [5.41, 5.74) is 2.92. The molecule has 1 fully saturated rings. The monoisotopic (exact) mass is 694 g/mol. The van der Waals surface area contributed by atoms with E-state index in [1.807, 2.05) is 30.3 Å². The van der Waals surface area contributed by atoms with E-state index in [2.05, 4.69) is 10.1 Å². The van der Waals surface area contributed by atoms with Gasteiger partial charge in [-0.05, 0) is 54.2 Å². The number of nitrogens with one attached hydrogen (secondary N) is 1. The number of rotatable bonds is 13. The number of methoxy groups -OCH3 is 1. The third-order valence-corrected chi connectivity index (χ3v) is 8.81. The molecular weight excluding hydrogens is 661 g/mol. The Labute approximate surface area is 286 Å². The molecule has 1 unspecified atom stereocenters. The normalized spacial score (nSPS) is 14.9. The number of hydrogen-bond donors (Lipinski definition) is 1. The fourth-order valence-electron chi connectivity index (χ4n) is 5.97. The summed E-state index contributed by atoms with van der Waals surface area (Å²) in [7, 11) is 1.50. The molecule has 0 saturated heterocycles. The lowest BCUT2D eigenvalue weighted by Gasteiger charge is -2.27. The molecule has 0 radical (unpaired) electrons. The second-order valence-corrected chi connectivity index (χ2v) is 12.5. The minimum Gasteiger partial charge on any atom is -0.497 e. The van der Waals surface area contributed by atoms with Gasteiger partial charge in [0.1, 0.15) is 29.9 Å². The minimum absolute atomic E-state index is 0.170. The molecule has 6 rings (SSSR count). The topological polar surface area (TPSA) is 86.3 Å². The smallest absolute Gasteiger partial charge is 0.497 e. The van der Waals surface area contributed by atoms with Crippen molar-refractivity contribution in [3.05, 3.63) is 113 Å². The number of amides is 1. The maximum absolute atomic E-state index is 14.4. The van der Waals surface area contributed by atoms with Crippen molar-refractivity contribution < 1.29 is 41.7 Å². The van der Waals surface area contributed by atoms with Gasteiger partial charge >= 0.3 is 12.3 Å². The number of alkyl halides is 3. The number of nitrogens with zero attached hydrogens (tertiary/aromatic N) is 1. The lowest BCUT2D eigenvalue weighted by atomic mass is 9.99. The molecule has 1 heterocycles. The molecule has 4 aromatic carbocycles. The third kappa shape index (κ3) is 8.40. The maximum atomic E-state index is 14.4. The quantitative estimate of drug-likeness (QED) is 0.111. The van der Waals surface area contributed by atoms with Crippen molar-refractivity contribution in [1.29, 1.82) is 0 Å². The van der Waals surface area contributed by atoms with Gasteiger partial charge in [-0.15, -0.1) is 13.2 Å². The van der Waals surface area contributed by atoms with Crippen molar-refractivity contribution >= 4 is 34.9 Å². The Morgan fingerprint density at radius 2 is 1.67 bits per heavy atom. The van der Waals surface area contributed by atoms with Crippen molar-refractivity contribution in [2.75, 3.05) is 30.5 Å². The molecule has 0 aromatic heterocycles. The zero-order valence-electron chi connectivity index (χ0n) is 26.6. The summed E-state index contributed by atoms with van der Waals surface area (Å²) in [5, 5.41) is 3.78. The molecule has 1 aliphatic heterocycles. The van der Waals surface area contributed by atoms with Crippen LogP contribution in [0.25, 0.3) is 0 Å². The summed E-state index contributed by atoms with van der Waals surface area (Å²) >= 11 is 6.17. The molecule has 1 N–H and O–H groups in total. The summed E-state index contributed by atoms with van der Waals surface area (Å²) in [6, 6.07) is 24.5. The SMILES string of the molecule is COc1cc(NC(C(=O)N2CC3(CC3)c3ccc(OC(F)(F)F)cc32)c2ccc(Cl)cc2)cc(OCCCC(=O)OCc2ccccc2)c1. The fraction of sp³-hybridized carbons (Fsp3) is 0.297. The molecule has 1 amide bonds. The number of ether oxygens (including phenoxy) is 4. The van der Waals surface area contributed by atoms with Crippen molar-refractivity contribution in [2.24, 2.45) is 0 Å². The number of benzene rings is 4. The highest BCUT2D eigenvalue weighted by molar-refractivity contribution is 6.30. The van der Waals surface area contributed by atoms with E-state index in [4.69, 9.17) is 25.8 Å². The van der Waals surface area contributed by atoms with Gasteiger partial charge in [0.05, 0.1) is 19.4 Å². The van der Waals surface area contributed by atoms with Gasteiger partial charge in [0.2, 0.25) is 0 Å². The predicted molar refractivity (Wildman–Crippen MR) is 178 cm³/mol. The van der Waals surface area contributed by atoms with Gasteiger partial charge in [0, 0.05) is 53.4 Å². The Morgan fingerprint density at radius 1 is 0.939 bits per heavy atom. The number of anilines is 2. The Hall–Kier alpha value is -4.90. The Bertz CT molecular complexity index is 1800. The van der Waals surface area contributed by atoms with Gasteiger partial charge < -0.3 is 29.2 Å². The molecule has 8 nitrogen and oxygen atoms in total. The first-order chi connectivity index (χ1) is 23.5. The highest BCUT2D eigenvalue weighted by Gasteiger charge is 2.54. The van der Waals surface area contributed by atoms with E-state index in [-0.39, 0.29) is 36.9 Å². The van der Waals surface area contributed by atoms with Gasteiger partial charge in [-0.1, -0.05) is 60.1 Å². The Kier molecular flexibility index (Phi) is 9.91. The summed E-state index contributed by atoms with van der Waals surface area (Å²) < 4.78 is 60.3. The number of hydrogen-bond acceptors (Lipinski definition) is 7. The fourth-order valence-corrected chi connectivity index (χ4v) is 6.09. The molecule has 256 valence electrons. The second-order valence-electron chi connectivity index (χ2n) is 12.1. The molecule has 2 aliphatic rings. The molecule has 12 heteroatoms. The largest absolute Gasteiger partial charge is 0.573 e. The maximum Gasteiger partial charge on any atom is 0.573 e. The minimum atomic E-state index is -4.87. The standard InChI is InChI=1S/C37H34ClF3N2O6/c1-46-29-18-27(19-30(20-29)47-17-5-8-33(44)48-22-24-6-3-2-4-7-24)42-34(25-9-11-26(38)12-10-25)35(45)43-23-36(15-16-36)31-14-13-28(21-32(31)43)49-37(39,40)41/h2-4,6-7,9-14,18-21,34,42H,5,8,15-17,22-23H2,1H3. The number of fused-ring (bicyclic) bond motifs is 2. The molecular formula is C37H34ClF3N2O6. The molecule has 1 atom stereocenters. The van der Waals surface area contributed by atoms with Crippen LogP contribution in [0.15, 0.2) is 91.0 Å². The Morgan fingerprint density at radius 3 is 2.37 bits per heavy atom. The number of esters is 1. The molecule has 1 saturated carbocycles. The van der Waals surface area contributed by atoms with Crippen LogP contribution in [0.3, 0.4) is 0 Å². The van der Waals surface area contributed by atoms with E-state index in [0.29, 0.717) is 46.4 Å². The first-order valence-electron chi connectivity index (χ1n) is 15.8. The molecule has 0 bridgehead atoms. The average molecular weight is 695 g/mol. The molecule has 1 aliphatic carbocycles. The zero-order valence-corrected chi connectivity index (χ0v) is 27.4. The second kappa shape index (κ2) is 14.3. The van der Waals surface area contributed by atoms with Crippen molar-refractivity contribution in [3.8, 4) is 17.2 Å². The predicted octanol–water partition coefficient (Wildman–Crippen LogP) is 8.38. The van der Waals surface area contributed by atoms with E-state index in [1.54, 1.807) is 48.5 Å². The van der Waals surface area contributed by atoms with Gasteiger partial charge in [-0.2, -0.15) is 0 Å². The van der Waals surface area contributed by atoms with Crippen LogP contribution >= 0.6 is 11.6 Å². The Balaban J connectivity index is 1.18. The van der Waals surface area contributed by atoms with Crippen molar-refractivity contribution in [3.63, 3.8) is 0 Å². The van der Waals surface area contributed by atoms with E-state index in [1.165, 1.54) is 24.1 Å². The third-order valence-electron chi connectivity index (χ3n) is 8.56. The zero-order chi connectivity index (χ0) is 34.6. The van der Waals surface area contributed by atoms with Gasteiger partial charge in [-0.25, -0.2) is 0 Å². The van der Waals surface area contributed by atoms with E-state index < -0.39 is 18.2 Å². The summed E-state index contributed by atoms with van der Waals surface area (Å²) in [6.45, 7) is 0.760. The van der Waals surface area contributed by atoms with Crippen LogP contribution < -0.4 is 24.4 Å². The van der Waals surface area contributed by atoms with Crippen LogP contribution in [0, 0.1) is 0 Å². The van der Waals surface area contributed by atoms with E-state index in [0.717, 1.165) is 24.0 Å². The molecule has 4 aromatic rings. The van der Waals surface area contributed by atoms with Crippen molar-refractivity contribution in [1.82, 2.24) is 0 Å². The van der Waals surface area contributed by atoms with Crippen molar-refractivity contribution in [2.45, 2.75) is 50.1 Å². The van der Waals surface area contributed by atoms with Crippen LogP contribution in [-0.4, -0.2) is 38.5 Å². The number of carbonyl (C=O) groups is 2. The first-order valence-corrected chi connectivity index (χ1v) is 16.1. The first kappa shape index (κ1) is 34.0. The highest BCUT2D eigenvalue weighted by Crippen LogP contribution is 2.57. The molecule has 1 spiro atoms. The van der Waals surface area contributed by atoms with E-state index >= 15 is 0 Å². The van der Waals surface area contributed by atoms with Gasteiger partial charge in [-0.3, -0.25) is 9.59 Å². The van der Waals surface area contributed by atoms with Gasteiger partial charge in [0.25, 0.3) is 5.91 Å². The summed E-state index contributed by atoms with van der Waals surface area (Å²) in [6.07, 6.45) is -2.64.